The van der Waals surface area contributed by atoms with Crippen LogP contribution in [-0.2, 0) is 4.79 Å². The van der Waals surface area contributed by atoms with Crippen molar-refractivity contribution >= 4 is 34.0 Å². The van der Waals surface area contributed by atoms with E-state index >= 15 is 0 Å². The number of thiazole rings is 1. The van der Waals surface area contributed by atoms with E-state index in [1.807, 2.05) is 24.3 Å². The fourth-order valence-corrected chi connectivity index (χ4v) is 3.53. The van der Waals surface area contributed by atoms with E-state index in [0.717, 1.165) is 31.6 Å². The average molecular weight is 374 g/mol. The van der Waals surface area contributed by atoms with Crippen molar-refractivity contribution in [2.24, 2.45) is 0 Å². The number of benzene rings is 1. The molecule has 26 heavy (non-hydrogen) atoms. The summed E-state index contributed by atoms with van der Waals surface area (Å²) in [4.78, 5) is 32.3. The maximum Gasteiger partial charge on any atom is 0.273 e. The maximum atomic E-state index is 12.5. The Morgan fingerprint density at radius 1 is 1.31 bits per heavy atom. The molecule has 1 fully saturated rings. The number of anilines is 2. The fourth-order valence-electron chi connectivity index (χ4n) is 2.83. The summed E-state index contributed by atoms with van der Waals surface area (Å²) in [6.45, 7) is 1.64. The molecule has 1 aliphatic heterocycles. The highest BCUT2D eigenvalue weighted by Crippen LogP contribution is 2.28. The summed E-state index contributed by atoms with van der Waals surface area (Å²) in [6, 6.07) is 7.50. The zero-order valence-corrected chi connectivity index (χ0v) is 15.7. The van der Waals surface area contributed by atoms with Crippen LogP contribution >= 0.6 is 11.3 Å². The third-order valence-electron chi connectivity index (χ3n) is 4.25. The fraction of sp³-hybridized carbons (Fsp3) is 0.389. The lowest BCUT2D eigenvalue weighted by molar-refractivity contribution is -0.130. The molecule has 0 radical (unpaired) electrons. The Hall–Kier alpha value is -2.61. The van der Waals surface area contributed by atoms with Gasteiger partial charge in [0, 0.05) is 25.5 Å². The number of methoxy groups -OCH3 is 1. The molecule has 0 spiro atoms. The number of ether oxygens (including phenoxy) is 1. The largest absolute Gasteiger partial charge is 0.495 e. The van der Waals surface area contributed by atoms with Crippen LogP contribution in [0.25, 0.3) is 0 Å². The zero-order chi connectivity index (χ0) is 18.5. The Bertz CT molecular complexity index is 786. The van der Waals surface area contributed by atoms with Gasteiger partial charge in [0.2, 0.25) is 5.91 Å². The summed E-state index contributed by atoms with van der Waals surface area (Å²) >= 11 is 1.33. The van der Waals surface area contributed by atoms with Crippen LogP contribution in [0.3, 0.4) is 0 Å². The molecule has 0 unspecified atom stereocenters. The first-order valence-corrected chi connectivity index (χ1v) is 9.35. The number of aromatic nitrogens is 1. The number of likely N-dealkylation sites (N-methyl/N-ethyl adjacent to an activating group) is 1. The molecule has 1 aliphatic rings. The van der Waals surface area contributed by atoms with Crippen LogP contribution < -0.4 is 10.1 Å². The lowest BCUT2D eigenvalue weighted by Gasteiger charge is -2.20. The molecule has 7 nitrogen and oxygen atoms in total. The van der Waals surface area contributed by atoms with E-state index in [1.165, 1.54) is 16.2 Å². The molecule has 0 bridgehead atoms. The molecule has 138 valence electrons. The zero-order valence-electron chi connectivity index (χ0n) is 14.9. The van der Waals surface area contributed by atoms with Crippen LogP contribution in [-0.4, -0.2) is 60.4 Å². The maximum absolute atomic E-state index is 12.5. The average Bonchev–Trinajstić information content (AvgIpc) is 3.33. The molecule has 1 aromatic heterocycles. The van der Waals surface area contributed by atoms with Crippen molar-refractivity contribution < 1.29 is 14.3 Å². The second-order valence-electron chi connectivity index (χ2n) is 6.11. The number of amides is 2. The van der Waals surface area contributed by atoms with Crippen molar-refractivity contribution in [2.45, 2.75) is 12.8 Å². The van der Waals surface area contributed by atoms with E-state index in [2.05, 4.69) is 10.3 Å². The highest BCUT2D eigenvalue weighted by molar-refractivity contribution is 7.14. The van der Waals surface area contributed by atoms with Gasteiger partial charge in [0.15, 0.2) is 5.13 Å². The molecule has 0 aliphatic carbocycles. The van der Waals surface area contributed by atoms with Gasteiger partial charge in [0.05, 0.1) is 19.3 Å². The Labute approximate surface area is 156 Å². The third-order valence-corrected chi connectivity index (χ3v) is 5.01. The van der Waals surface area contributed by atoms with Crippen LogP contribution in [0, 0.1) is 0 Å². The number of para-hydroxylation sites is 2. The lowest BCUT2D eigenvalue weighted by Crippen LogP contribution is -2.39. The second-order valence-corrected chi connectivity index (χ2v) is 6.97. The first-order chi connectivity index (χ1) is 12.6. The van der Waals surface area contributed by atoms with Gasteiger partial charge in [-0.1, -0.05) is 12.1 Å². The molecule has 3 rings (SSSR count). The molecule has 1 N–H and O–H groups in total. The number of rotatable bonds is 6. The van der Waals surface area contributed by atoms with Crippen molar-refractivity contribution in [3.05, 3.63) is 35.3 Å². The van der Waals surface area contributed by atoms with Gasteiger partial charge in [0.25, 0.3) is 5.91 Å². The Morgan fingerprint density at radius 2 is 2.04 bits per heavy atom. The molecule has 8 heteroatoms. The minimum absolute atomic E-state index is 0.0130. The van der Waals surface area contributed by atoms with E-state index in [0.29, 0.717) is 16.6 Å². The summed E-state index contributed by atoms with van der Waals surface area (Å²) in [5, 5.41) is 5.45. The minimum Gasteiger partial charge on any atom is -0.495 e. The number of likely N-dealkylation sites (tertiary alicyclic amines) is 1. The smallest absolute Gasteiger partial charge is 0.273 e. The number of nitrogens with zero attached hydrogens (tertiary/aromatic N) is 3. The first-order valence-electron chi connectivity index (χ1n) is 8.47. The van der Waals surface area contributed by atoms with Crippen LogP contribution in [0.5, 0.6) is 5.75 Å². The molecular weight excluding hydrogens is 352 g/mol. The van der Waals surface area contributed by atoms with Crippen molar-refractivity contribution in [3.63, 3.8) is 0 Å². The van der Waals surface area contributed by atoms with Gasteiger partial charge >= 0.3 is 0 Å². The van der Waals surface area contributed by atoms with Gasteiger partial charge in [-0.25, -0.2) is 4.98 Å². The molecule has 0 saturated carbocycles. The quantitative estimate of drug-likeness (QED) is 0.841. The molecule has 2 heterocycles. The van der Waals surface area contributed by atoms with Crippen LogP contribution in [0.4, 0.5) is 10.8 Å². The second kappa shape index (κ2) is 8.18. The van der Waals surface area contributed by atoms with Gasteiger partial charge in [0.1, 0.15) is 11.4 Å². The normalized spacial score (nSPS) is 13.5. The Balaban J connectivity index is 1.62. The van der Waals surface area contributed by atoms with Crippen LogP contribution in [0.15, 0.2) is 29.6 Å². The van der Waals surface area contributed by atoms with E-state index < -0.39 is 0 Å². The number of hydrogen-bond donors (Lipinski definition) is 1. The van der Waals surface area contributed by atoms with E-state index in [4.69, 9.17) is 4.74 Å². The van der Waals surface area contributed by atoms with Gasteiger partial charge in [-0.05, 0) is 25.0 Å². The topological polar surface area (TPSA) is 74.8 Å². The number of carbonyl (C=O) groups excluding carboxylic acids is 2. The summed E-state index contributed by atoms with van der Waals surface area (Å²) in [5.74, 6) is 0.423. The molecule has 2 amide bonds. The summed E-state index contributed by atoms with van der Waals surface area (Å²) in [6.07, 6.45) is 2.07. The number of nitrogens with one attached hydrogen (secondary N) is 1. The van der Waals surface area contributed by atoms with E-state index in [-0.39, 0.29) is 18.4 Å². The molecular formula is C18H22N4O3S. The Kier molecular flexibility index (Phi) is 5.72. The minimum atomic E-state index is -0.262. The lowest BCUT2D eigenvalue weighted by atomic mass is 10.3. The number of carbonyl (C=O) groups is 2. The highest BCUT2D eigenvalue weighted by atomic mass is 32.1. The third kappa shape index (κ3) is 4.13. The Morgan fingerprint density at radius 3 is 2.77 bits per heavy atom. The van der Waals surface area contributed by atoms with Crippen molar-refractivity contribution in [1.82, 2.24) is 14.8 Å². The molecule has 2 aromatic rings. The van der Waals surface area contributed by atoms with Crippen molar-refractivity contribution in [2.75, 3.05) is 39.1 Å². The first kappa shape index (κ1) is 18.2. The monoisotopic (exact) mass is 374 g/mol. The number of hydrogen-bond acceptors (Lipinski definition) is 6. The standard InChI is InChI=1S/C18H22N4O3S/c1-21(11-16(23)22-9-5-6-10-22)17(24)14-12-26-18(20-14)19-13-7-3-4-8-15(13)25-2/h3-4,7-8,12H,5-6,9-11H2,1-2H3,(H,19,20). The van der Waals surface area contributed by atoms with Gasteiger partial charge < -0.3 is 19.9 Å². The SMILES string of the molecule is COc1ccccc1Nc1nc(C(=O)N(C)CC(=O)N2CCCC2)cs1. The van der Waals surface area contributed by atoms with Crippen molar-refractivity contribution in [1.29, 1.82) is 0 Å². The molecule has 0 atom stereocenters. The summed E-state index contributed by atoms with van der Waals surface area (Å²) in [5.41, 5.74) is 1.10. The predicted molar refractivity (Wildman–Crippen MR) is 101 cm³/mol. The van der Waals surface area contributed by atoms with Crippen LogP contribution in [0.1, 0.15) is 23.3 Å². The predicted octanol–water partition coefficient (Wildman–Crippen LogP) is 2.59. The van der Waals surface area contributed by atoms with Crippen LogP contribution in [0.2, 0.25) is 0 Å². The van der Waals surface area contributed by atoms with E-state index in [9.17, 15) is 9.59 Å². The van der Waals surface area contributed by atoms with Gasteiger partial charge in [-0.3, -0.25) is 9.59 Å². The van der Waals surface area contributed by atoms with Gasteiger partial charge in [-0.15, -0.1) is 11.3 Å². The van der Waals surface area contributed by atoms with Crippen molar-refractivity contribution in [3.8, 4) is 5.75 Å². The van der Waals surface area contributed by atoms with Gasteiger partial charge in [-0.2, -0.15) is 0 Å². The summed E-state index contributed by atoms with van der Waals surface area (Å²) < 4.78 is 5.30. The molecule has 1 saturated heterocycles. The molecule has 1 aromatic carbocycles. The highest BCUT2D eigenvalue weighted by Gasteiger charge is 2.23. The summed E-state index contributed by atoms with van der Waals surface area (Å²) in [7, 11) is 3.23. The van der Waals surface area contributed by atoms with E-state index in [1.54, 1.807) is 24.4 Å².